The molecule has 3 aromatic rings. The summed E-state index contributed by atoms with van der Waals surface area (Å²) in [7, 11) is -4.03. The molecule has 5 atom stereocenters. The number of nitrogens with one attached hydrogen (secondary N) is 3. The summed E-state index contributed by atoms with van der Waals surface area (Å²) in [4.78, 5) is 66.5. The predicted octanol–water partition coefficient (Wildman–Crippen LogP) is 4.01. The number of carbonyl (C=O) groups excluding carboxylic acids is 4. The minimum atomic E-state index is -4.03. The van der Waals surface area contributed by atoms with Crippen molar-refractivity contribution in [1.82, 2.24) is 30.2 Å². The van der Waals surface area contributed by atoms with Crippen molar-refractivity contribution in [3.63, 3.8) is 0 Å². The molecule has 3 N–H and O–H groups in total. The third-order valence-electron chi connectivity index (χ3n) is 11.2. The Labute approximate surface area is 317 Å². The molecule has 1 saturated heterocycles. The maximum atomic E-state index is 14.7. The van der Waals surface area contributed by atoms with Crippen molar-refractivity contribution in [3.8, 4) is 5.88 Å². The number of ether oxygens (including phenoxy) is 1. The first-order chi connectivity index (χ1) is 26.2. The minimum absolute atomic E-state index is 0.0633. The van der Waals surface area contributed by atoms with Crippen molar-refractivity contribution in [2.75, 3.05) is 6.54 Å². The Morgan fingerprint density at radius 1 is 1.05 bits per heavy atom. The summed E-state index contributed by atoms with van der Waals surface area (Å²) in [6, 6.07) is 7.05. The molecule has 7 rings (SSSR count). The Kier molecular flexibility index (Phi) is 10.4. The number of aryl methyl sites for hydroxylation is 1. The first kappa shape index (κ1) is 38.3. The molecule has 4 aliphatic rings. The summed E-state index contributed by atoms with van der Waals surface area (Å²) in [5.41, 5.74) is -0.637. The van der Waals surface area contributed by atoms with Gasteiger partial charge in [0.05, 0.1) is 27.9 Å². The van der Waals surface area contributed by atoms with Crippen LogP contribution in [0.2, 0.25) is 0 Å². The topological polar surface area (TPSA) is 177 Å². The lowest BCUT2D eigenvalue weighted by molar-refractivity contribution is -0.141. The molecule has 292 valence electrons. The fraction of sp³-hybridized carbons (Fsp3) is 0.487. The number of hydrogen-bond donors (Lipinski definition) is 3. The molecule has 2 saturated carbocycles. The quantitative estimate of drug-likeness (QED) is 0.285. The monoisotopic (exact) mass is 778 g/mol. The SMILES string of the molecule is CCc1nc2ccc(F)cc2nc1O[C@@H]1C[C@H]2C(=O)N[C@]3(C(=O)NS(=O)(=O)C4(C)CC4)C[C@H]3/C=C\CCCCC[C@H](NC(=O)c3ccccc3F)C(=O)N2C1. The smallest absolute Gasteiger partial charge is 0.259 e. The van der Waals surface area contributed by atoms with Gasteiger partial charge in [-0.2, -0.15) is 0 Å². The fourth-order valence-electron chi connectivity index (χ4n) is 7.36. The van der Waals surface area contributed by atoms with Gasteiger partial charge in [0.1, 0.15) is 41.1 Å². The standard InChI is InChI=1S/C39H44F2N6O7S/c1-3-28-35(44-31-19-24(40)15-16-29(31)42-28)54-25-20-32-34(49)45-39(37(51)46-55(52,53)38(2)17-18-38)21-23(39)11-7-5-4-6-8-14-30(36(50)47(32)22-25)43-33(48)26-12-9-10-13-27(26)41/h7,9-13,15-16,19,23,25,30,32H,3-6,8,14,17-18,20-22H2,1-2H3,(H,43,48)(H,45,49)(H,46,51)/b11-7-/t23-,25-,30+,32+,39-/m1/s1. The Hall–Kier alpha value is -4.99. The second-order valence-corrected chi connectivity index (χ2v) is 17.4. The molecule has 2 aromatic carbocycles. The van der Waals surface area contributed by atoms with Gasteiger partial charge in [-0.1, -0.05) is 44.1 Å². The van der Waals surface area contributed by atoms with Crippen LogP contribution in [0.4, 0.5) is 8.78 Å². The van der Waals surface area contributed by atoms with E-state index < -0.39 is 79.7 Å². The molecule has 0 bridgehead atoms. The summed E-state index contributed by atoms with van der Waals surface area (Å²) < 4.78 is 62.5. The van der Waals surface area contributed by atoms with Crippen LogP contribution in [0.5, 0.6) is 5.88 Å². The number of fused-ring (bicyclic) bond motifs is 3. The van der Waals surface area contributed by atoms with Crippen LogP contribution in [-0.2, 0) is 30.8 Å². The number of hydrogen-bond acceptors (Lipinski definition) is 9. The van der Waals surface area contributed by atoms with Crippen LogP contribution in [0.25, 0.3) is 11.0 Å². The van der Waals surface area contributed by atoms with E-state index >= 15 is 0 Å². The molecule has 0 radical (unpaired) electrons. The predicted molar refractivity (Wildman–Crippen MR) is 197 cm³/mol. The minimum Gasteiger partial charge on any atom is -0.471 e. The highest BCUT2D eigenvalue weighted by atomic mass is 32.2. The zero-order chi connectivity index (χ0) is 39.1. The zero-order valence-corrected chi connectivity index (χ0v) is 31.5. The van der Waals surface area contributed by atoms with E-state index in [9.17, 15) is 36.4 Å². The Balaban J connectivity index is 1.21. The molecule has 0 spiro atoms. The van der Waals surface area contributed by atoms with Crippen LogP contribution in [0.1, 0.15) is 87.7 Å². The third kappa shape index (κ3) is 7.78. The van der Waals surface area contributed by atoms with Crippen molar-refractivity contribution in [1.29, 1.82) is 0 Å². The molecule has 55 heavy (non-hydrogen) atoms. The fourth-order valence-corrected chi connectivity index (χ4v) is 8.67. The molecule has 1 aromatic heterocycles. The molecular weight excluding hydrogens is 735 g/mol. The van der Waals surface area contributed by atoms with Gasteiger partial charge in [0.15, 0.2) is 0 Å². The van der Waals surface area contributed by atoms with E-state index in [1.807, 2.05) is 19.1 Å². The Bertz CT molecular complexity index is 2180. The van der Waals surface area contributed by atoms with Gasteiger partial charge in [-0.05, 0) is 76.1 Å². The number of aromatic nitrogens is 2. The van der Waals surface area contributed by atoms with E-state index in [-0.39, 0.29) is 42.8 Å². The number of benzene rings is 2. The number of allylic oxidation sites excluding steroid dienone is 1. The van der Waals surface area contributed by atoms with Crippen molar-refractivity contribution in [2.45, 2.75) is 107 Å². The Morgan fingerprint density at radius 3 is 2.58 bits per heavy atom. The summed E-state index contributed by atoms with van der Waals surface area (Å²) in [6.07, 6.45) is 6.97. The largest absolute Gasteiger partial charge is 0.471 e. The van der Waals surface area contributed by atoms with Gasteiger partial charge >= 0.3 is 0 Å². The molecule has 0 unspecified atom stereocenters. The lowest BCUT2D eigenvalue weighted by Gasteiger charge is -2.30. The number of amides is 4. The van der Waals surface area contributed by atoms with Gasteiger partial charge < -0.3 is 20.3 Å². The number of rotatable bonds is 8. The normalized spacial score (nSPS) is 27.1. The van der Waals surface area contributed by atoms with Gasteiger partial charge in [0, 0.05) is 18.4 Å². The van der Waals surface area contributed by atoms with Gasteiger partial charge in [-0.3, -0.25) is 23.9 Å². The van der Waals surface area contributed by atoms with E-state index in [1.165, 1.54) is 41.3 Å². The van der Waals surface area contributed by atoms with Crippen molar-refractivity contribution in [2.24, 2.45) is 5.92 Å². The lowest BCUT2D eigenvalue weighted by atomic mass is 10.0. The highest BCUT2D eigenvalue weighted by Gasteiger charge is 2.63. The van der Waals surface area contributed by atoms with E-state index in [0.29, 0.717) is 49.7 Å². The summed E-state index contributed by atoms with van der Waals surface area (Å²) in [5, 5.41) is 5.52. The van der Waals surface area contributed by atoms with Gasteiger partial charge in [0.25, 0.3) is 11.8 Å². The molecule has 4 amide bonds. The highest BCUT2D eigenvalue weighted by molar-refractivity contribution is 7.91. The van der Waals surface area contributed by atoms with Crippen LogP contribution in [0.15, 0.2) is 54.6 Å². The van der Waals surface area contributed by atoms with Crippen molar-refractivity contribution >= 4 is 44.7 Å². The summed E-state index contributed by atoms with van der Waals surface area (Å²) in [6.45, 7) is 3.27. The number of halogens is 2. The molecule has 16 heteroatoms. The lowest BCUT2D eigenvalue weighted by Crippen LogP contribution is -2.58. The molecule has 2 aliphatic carbocycles. The van der Waals surface area contributed by atoms with Gasteiger partial charge in [-0.25, -0.2) is 27.2 Å². The average molecular weight is 779 g/mol. The van der Waals surface area contributed by atoms with Gasteiger partial charge in [-0.15, -0.1) is 0 Å². The maximum absolute atomic E-state index is 14.7. The summed E-state index contributed by atoms with van der Waals surface area (Å²) in [5.74, 6) is -4.62. The maximum Gasteiger partial charge on any atom is 0.259 e. The van der Waals surface area contributed by atoms with Crippen molar-refractivity contribution in [3.05, 3.63) is 77.5 Å². The van der Waals surface area contributed by atoms with Crippen LogP contribution in [0.3, 0.4) is 0 Å². The molecule has 2 aliphatic heterocycles. The van der Waals surface area contributed by atoms with E-state index in [0.717, 1.165) is 12.5 Å². The van der Waals surface area contributed by atoms with Crippen molar-refractivity contribution < 1.29 is 41.1 Å². The van der Waals surface area contributed by atoms with Crippen LogP contribution in [0, 0.1) is 17.6 Å². The number of sulfonamides is 1. The molecule has 3 fully saturated rings. The third-order valence-corrected chi connectivity index (χ3v) is 13.3. The van der Waals surface area contributed by atoms with E-state index in [4.69, 9.17) is 4.74 Å². The zero-order valence-electron chi connectivity index (χ0n) is 30.6. The van der Waals surface area contributed by atoms with Crippen LogP contribution in [-0.4, -0.2) is 81.9 Å². The van der Waals surface area contributed by atoms with Gasteiger partial charge in [0.2, 0.25) is 27.7 Å². The molecule has 3 heterocycles. The first-order valence-corrected chi connectivity index (χ1v) is 20.3. The Morgan fingerprint density at radius 2 is 1.84 bits per heavy atom. The molecule has 13 nitrogen and oxygen atoms in total. The second-order valence-electron chi connectivity index (χ2n) is 15.2. The summed E-state index contributed by atoms with van der Waals surface area (Å²) >= 11 is 0. The number of carbonyl (C=O) groups is 4. The van der Waals surface area contributed by atoms with Crippen LogP contribution >= 0.6 is 0 Å². The van der Waals surface area contributed by atoms with Crippen LogP contribution < -0.4 is 20.1 Å². The first-order valence-electron chi connectivity index (χ1n) is 18.8. The number of nitrogens with zero attached hydrogens (tertiary/aromatic N) is 3. The average Bonchev–Trinajstić information content (AvgIpc) is 4.03. The second kappa shape index (κ2) is 14.9. The highest BCUT2D eigenvalue weighted by Crippen LogP contribution is 2.47. The van der Waals surface area contributed by atoms with E-state index in [1.54, 1.807) is 6.92 Å². The molecular formula is C39H44F2N6O7S. The van der Waals surface area contributed by atoms with E-state index in [2.05, 4.69) is 25.3 Å².